The summed E-state index contributed by atoms with van der Waals surface area (Å²) in [6.45, 7) is 10.9. The van der Waals surface area contributed by atoms with E-state index in [9.17, 15) is 0 Å². The predicted octanol–water partition coefficient (Wildman–Crippen LogP) is 3.28. The zero-order chi connectivity index (χ0) is 13.4. The van der Waals surface area contributed by atoms with Gasteiger partial charge in [-0.15, -0.1) is 10.2 Å². The quantitative estimate of drug-likeness (QED) is 0.804. The van der Waals surface area contributed by atoms with Crippen LogP contribution in [0, 0.1) is 5.92 Å². The van der Waals surface area contributed by atoms with Crippen LogP contribution in [0.3, 0.4) is 0 Å². The Labute approximate surface area is 117 Å². The van der Waals surface area contributed by atoms with Gasteiger partial charge in [0.15, 0.2) is 0 Å². The third kappa shape index (κ3) is 2.23. The van der Waals surface area contributed by atoms with E-state index >= 15 is 0 Å². The molecule has 4 atom stereocenters. The fraction of sp³-hybridized carbons (Fsp3) is 0.846. The first-order valence-corrected chi connectivity index (χ1v) is 7.74. The van der Waals surface area contributed by atoms with Gasteiger partial charge in [0.05, 0.1) is 23.5 Å². The zero-order valence-corrected chi connectivity index (χ0v) is 13.3. The highest BCUT2D eigenvalue weighted by Gasteiger charge is 2.41. The third-order valence-electron chi connectivity index (χ3n) is 3.97. The summed E-state index contributed by atoms with van der Waals surface area (Å²) in [6, 6.07) is 0.373. The van der Waals surface area contributed by atoms with Crippen LogP contribution in [0.4, 0.5) is 0 Å². The largest absolute Gasteiger partial charge is 0.374 e. The van der Waals surface area contributed by atoms with E-state index in [2.05, 4.69) is 65.3 Å². The zero-order valence-electron chi connectivity index (χ0n) is 11.7. The van der Waals surface area contributed by atoms with Crippen LogP contribution in [0.2, 0.25) is 0 Å². The maximum absolute atomic E-state index is 5.93. The number of hydrogen-bond donors (Lipinski definition) is 0. The Balaban J connectivity index is 2.42. The van der Waals surface area contributed by atoms with E-state index in [1.807, 2.05) is 0 Å². The molecule has 2 heterocycles. The van der Waals surface area contributed by atoms with Crippen LogP contribution >= 0.6 is 15.9 Å². The van der Waals surface area contributed by atoms with E-state index in [-0.39, 0.29) is 12.2 Å². The first kappa shape index (κ1) is 14.0. The number of nitrogens with zero attached hydrogens (tertiary/aromatic N) is 3. The van der Waals surface area contributed by atoms with Gasteiger partial charge in [-0.2, -0.15) is 0 Å². The third-order valence-corrected chi connectivity index (χ3v) is 4.47. The molecule has 1 aliphatic heterocycles. The van der Waals surface area contributed by atoms with Crippen molar-refractivity contribution in [1.82, 2.24) is 14.8 Å². The summed E-state index contributed by atoms with van der Waals surface area (Å²) in [6.07, 6.45) is 0.495. The minimum absolute atomic E-state index is 0.208. The molecule has 1 fully saturated rings. The fourth-order valence-corrected chi connectivity index (χ4v) is 3.31. The van der Waals surface area contributed by atoms with Gasteiger partial charge in [-0.05, 0) is 33.6 Å². The van der Waals surface area contributed by atoms with Gasteiger partial charge in [-0.25, -0.2) is 0 Å². The normalized spacial score (nSPS) is 32.4. The lowest BCUT2D eigenvalue weighted by Gasteiger charge is -2.21. The topological polar surface area (TPSA) is 39.9 Å². The number of aromatic nitrogens is 3. The summed E-state index contributed by atoms with van der Waals surface area (Å²) in [5, 5.41) is 9.47. The van der Waals surface area contributed by atoms with Gasteiger partial charge < -0.3 is 9.30 Å². The van der Waals surface area contributed by atoms with Crippen molar-refractivity contribution in [3.05, 3.63) is 11.6 Å². The SMILES string of the molecule is CC1OC(C)C(c2nnc(CBr)n2C(C)C)C1C. The van der Waals surface area contributed by atoms with Crippen LogP contribution in [0.1, 0.15) is 58.2 Å². The van der Waals surface area contributed by atoms with Gasteiger partial charge in [0.1, 0.15) is 11.6 Å². The van der Waals surface area contributed by atoms with Crippen molar-refractivity contribution in [3.8, 4) is 0 Å². The number of ether oxygens (including phenoxy) is 1. The predicted molar refractivity (Wildman–Crippen MR) is 75.0 cm³/mol. The van der Waals surface area contributed by atoms with Gasteiger partial charge >= 0.3 is 0 Å². The first-order valence-electron chi connectivity index (χ1n) is 6.62. The lowest BCUT2D eigenvalue weighted by molar-refractivity contribution is 0.0551. The molecule has 0 bridgehead atoms. The number of alkyl halides is 1. The van der Waals surface area contributed by atoms with E-state index in [1.54, 1.807) is 0 Å². The molecule has 2 rings (SSSR count). The van der Waals surface area contributed by atoms with Crippen molar-refractivity contribution in [2.45, 2.75) is 64.1 Å². The minimum Gasteiger partial charge on any atom is -0.374 e. The number of rotatable bonds is 3. The summed E-state index contributed by atoms with van der Waals surface area (Å²) >= 11 is 3.49. The summed E-state index contributed by atoms with van der Waals surface area (Å²) in [7, 11) is 0. The standard InChI is InChI=1S/C13H22BrN3O/c1-7(2)17-11(6-14)15-16-13(17)12-8(3)9(4)18-10(12)5/h7-10,12H,6H2,1-5H3. The molecule has 0 saturated carbocycles. The first-order chi connectivity index (χ1) is 8.47. The summed E-state index contributed by atoms with van der Waals surface area (Å²) in [5.74, 6) is 2.88. The van der Waals surface area contributed by atoms with Crippen molar-refractivity contribution in [2.24, 2.45) is 5.92 Å². The van der Waals surface area contributed by atoms with Crippen LogP contribution in [0.15, 0.2) is 0 Å². The Morgan fingerprint density at radius 2 is 1.89 bits per heavy atom. The van der Waals surface area contributed by atoms with Crippen LogP contribution in [-0.2, 0) is 10.1 Å². The smallest absolute Gasteiger partial charge is 0.143 e. The maximum atomic E-state index is 5.93. The van der Waals surface area contributed by atoms with Crippen LogP contribution < -0.4 is 0 Å². The summed E-state index contributed by atoms with van der Waals surface area (Å²) in [4.78, 5) is 0. The van der Waals surface area contributed by atoms with Crippen molar-refractivity contribution in [2.75, 3.05) is 0 Å². The van der Waals surface area contributed by atoms with E-state index in [0.717, 1.165) is 17.0 Å². The lowest BCUT2D eigenvalue weighted by Crippen LogP contribution is -2.21. The molecule has 1 aromatic heterocycles. The van der Waals surface area contributed by atoms with Gasteiger partial charge in [0.25, 0.3) is 0 Å². The molecule has 4 unspecified atom stereocenters. The van der Waals surface area contributed by atoms with Crippen LogP contribution in [0.5, 0.6) is 0 Å². The number of halogens is 1. The van der Waals surface area contributed by atoms with Gasteiger partial charge in [-0.3, -0.25) is 0 Å². The van der Waals surface area contributed by atoms with E-state index < -0.39 is 0 Å². The second kappa shape index (κ2) is 5.29. The van der Waals surface area contributed by atoms with E-state index in [0.29, 0.717) is 17.9 Å². The van der Waals surface area contributed by atoms with E-state index in [4.69, 9.17) is 4.74 Å². The molecule has 1 aromatic rings. The second-order valence-corrected chi connectivity index (χ2v) is 6.06. The molecule has 18 heavy (non-hydrogen) atoms. The fourth-order valence-electron chi connectivity index (χ4n) is 2.93. The Morgan fingerprint density at radius 3 is 2.33 bits per heavy atom. The van der Waals surface area contributed by atoms with Crippen molar-refractivity contribution >= 4 is 15.9 Å². The average molecular weight is 316 g/mol. The highest BCUT2D eigenvalue weighted by molar-refractivity contribution is 9.08. The molecule has 4 nitrogen and oxygen atoms in total. The molecular weight excluding hydrogens is 294 g/mol. The number of hydrogen-bond acceptors (Lipinski definition) is 3. The molecule has 0 aromatic carbocycles. The second-order valence-electron chi connectivity index (χ2n) is 5.50. The van der Waals surface area contributed by atoms with Crippen molar-refractivity contribution in [1.29, 1.82) is 0 Å². The summed E-state index contributed by atoms with van der Waals surface area (Å²) < 4.78 is 8.17. The Bertz CT molecular complexity index is 418. The maximum Gasteiger partial charge on any atom is 0.143 e. The van der Waals surface area contributed by atoms with Crippen molar-refractivity contribution < 1.29 is 4.74 Å². The molecule has 1 saturated heterocycles. The molecule has 0 aliphatic carbocycles. The highest BCUT2D eigenvalue weighted by Crippen LogP contribution is 2.39. The van der Waals surface area contributed by atoms with Gasteiger partial charge in [0.2, 0.25) is 0 Å². The molecule has 0 amide bonds. The summed E-state index contributed by atoms with van der Waals surface area (Å²) in [5.41, 5.74) is 0. The Morgan fingerprint density at radius 1 is 1.22 bits per heavy atom. The minimum atomic E-state index is 0.208. The molecule has 5 heteroatoms. The lowest BCUT2D eigenvalue weighted by atomic mass is 9.88. The van der Waals surface area contributed by atoms with E-state index in [1.165, 1.54) is 0 Å². The van der Waals surface area contributed by atoms with Gasteiger partial charge in [0, 0.05) is 6.04 Å². The molecule has 0 radical (unpaired) electrons. The van der Waals surface area contributed by atoms with Crippen molar-refractivity contribution in [3.63, 3.8) is 0 Å². The Hall–Kier alpha value is -0.420. The molecule has 0 spiro atoms. The average Bonchev–Trinajstić information content (AvgIpc) is 2.81. The molecule has 1 aliphatic rings. The Kier molecular flexibility index (Phi) is 4.11. The monoisotopic (exact) mass is 315 g/mol. The molecular formula is C13H22BrN3O. The highest BCUT2D eigenvalue weighted by atomic mass is 79.9. The van der Waals surface area contributed by atoms with Crippen LogP contribution in [-0.4, -0.2) is 27.0 Å². The van der Waals surface area contributed by atoms with Gasteiger partial charge in [-0.1, -0.05) is 22.9 Å². The molecule has 102 valence electrons. The van der Waals surface area contributed by atoms with Crippen LogP contribution in [0.25, 0.3) is 0 Å². The molecule has 0 N–H and O–H groups in total.